The van der Waals surface area contributed by atoms with Crippen LogP contribution in [0, 0.1) is 0 Å². The molecule has 4 heteroatoms. The Hall–Kier alpha value is -6.52. The lowest BCUT2D eigenvalue weighted by Gasteiger charge is -2.10. The van der Waals surface area contributed by atoms with E-state index in [2.05, 4.69) is 150 Å². The maximum atomic E-state index is 6.62. The number of para-hydroxylation sites is 2. The van der Waals surface area contributed by atoms with Crippen LogP contribution >= 0.6 is 0 Å². The Kier molecular flexibility index (Phi) is 5.84. The van der Waals surface area contributed by atoms with Gasteiger partial charge in [-0.1, -0.05) is 127 Å². The van der Waals surface area contributed by atoms with E-state index >= 15 is 0 Å². The van der Waals surface area contributed by atoms with Crippen molar-refractivity contribution in [3.05, 3.63) is 164 Å². The van der Waals surface area contributed by atoms with Crippen molar-refractivity contribution in [2.45, 2.75) is 0 Å². The number of aromatic nitrogens is 3. The summed E-state index contributed by atoms with van der Waals surface area (Å²) >= 11 is 0. The zero-order chi connectivity index (χ0) is 31.6. The average molecular weight is 614 g/mol. The minimum Gasteiger partial charge on any atom is -0.452 e. The predicted octanol–water partition coefficient (Wildman–Crippen LogP) is 11.6. The van der Waals surface area contributed by atoms with E-state index in [-0.39, 0.29) is 0 Å². The summed E-state index contributed by atoms with van der Waals surface area (Å²) in [6.45, 7) is 0. The topological polar surface area (TPSA) is 43.9 Å². The van der Waals surface area contributed by atoms with Gasteiger partial charge in [0.15, 0.2) is 11.4 Å². The first-order chi connectivity index (χ1) is 23.8. The monoisotopic (exact) mass is 613 g/mol. The highest BCUT2D eigenvalue weighted by Gasteiger charge is 2.20. The van der Waals surface area contributed by atoms with Gasteiger partial charge in [0.1, 0.15) is 16.8 Å². The van der Waals surface area contributed by atoms with Gasteiger partial charge >= 0.3 is 0 Å². The first-order valence-corrected chi connectivity index (χ1v) is 16.2. The van der Waals surface area contributed by atoms with Crippen LogP contribution in [0.3, 0.4) is 0 Å². The molecule has 0 radical (unpaired) electrons. The standard InChI is InChI=1S/C44H27N3O/c1-2-13-29(14-3-1)44-45-41(36-21-11-15-28-12-4-5-18-33(28)36)43-42(46-44)37-27-31(24-25-40(37)48-43)30-16-10-17-32(26-30)47-38-22-8-6-19-34(38)35-20-7-9-23-39(35)47/h1-27H. The molecular formula is C44H27N3O. The maximum absolute atomic E-state index is 6.62. The Morgan fingerprint density at radius 3 is 1.92 bits per heavy atom. The summed E-state index contributed by atoms with van der Waals surface area (Å²) < 4.78 is 8.98. The van der Waals surface area contributed by atoms with Gasteiger partial charge in [0.2, 0.25) is 0 Å². The second-order valence-electron chi connectivity index (χ2n) is 12.2. The van der Waals surface area contributed by atoms with E-state index < -0.39 is 0 Å². The molecule has 7 aromatic carbocycles. The molecule has 0 saturated heterocycles. The third-order valence-electron chi connectivity index (χ3n) is 9.41. The predicted molar refractivity (Wildman–Crippen MR) is 197 cm³/mol. The quantitative estimate of drug-likeness (QED) is 0.198. The molecular weight excluding hydrogens is 587 g/mol. The molecule has 0 N–H and O–H groups in total. The molecule has 0 fully saturated rings. The summed E-state index contributed by atoms with van der Waals surface area (Å²) in [6, 6.07) is 57.3. The van der Waals surface area contributed by atoms with Gasteiger partial charge in [0.25, 0.3) is 0 Å². The van der Waals surface area contributed by atoms with Crippen molar-refractivity contribution in [2.24, 2.45) is 0 Å². The third-order valence-corrected chi connectivity index (χ3v) is 9.41. The molecule has 0 atom stereocenters. The molecule has 224 valence electrons. The molecule has 3 aromatic heterocycles. The lowest BCUT2D eigenvalue weighted by atomic mass is 10.0. The zero-order valence-corrected chi connectivity index (χ0v) is 25.8. The summed E-state index contributed by atoms with van der Waals surface area (Å²) in [6.07, 6.45) is 0. The number of fused-ring (bicyclic) bond motifs is 7. The largest absolute Gasteiger partial charge is 0.452 e. The number of nitrogens with zero attached hydrogens (tertiary/aromatic N) is 3. The van der Waals surface area contributed by atoms with Crippen LogP contribution in [0.4, 0.5) is 0 Å². The molecule has 0 aliphatic carbocycles. The Morgan fingerprint density at radius 1 is 0.458 bits per heavy atom. The Labute approximate surface area is 276 Å². The minimum absolute atomic E-state index is 0.674. The number of hydrogen-bond donors (Lipinski definition) is 0. The lowest BCUT2D eigenvalue weighted by molar-refractivity contribution is 0.667. The molecule has 3 heterocycles. The van der Waals surface area contributed by atoms with Crippen molar-refractivity contribution in [2.75, 3.05) is 0 Å². The van der Waals surface area contributed by atoms with E-state index in [0.717, 1.165) is 60.9 Å². The van der Waals surface area contributed by atoms with Gasteiger partial charge in [-0.25, -0.2) is 9.97 Å². The van der Waals surface area contributed by atoms with E-state index in [0.29, 0.717) is 11.4 Å². The average Bonchev–Trinajstić information content (AvgIpc) is 3.70. The van der Waals surface area contributed by atoms with Gasteiger partial charge < -0.3 is 8.98 Å². The summed E-state index contributed by atoms with van der Waals surface area (Å²) in [5.41, 5.74) is 10.8. The van der Waals surface area contributed by atoms with Crippen molar-refractivity contribution >= 4 is 54.6 Å². The SMILES string of the molecule is c1ccc(-c2nc(-c3cccc4ccccc34)c3oc4ccc(-c5cccc(-n6c7ccccc7c7ccccc76)c5)cc4c3n2)cc1. The summed E-state index contributed by atoms with van der Waals surface area (Å²) in [7, 11) is 0. The summed E-state index contributed by atoms with van der Waals surface area (Å²) in [5.74, 6) is 0.674. The second-order valence-corrected chi connectivity index (χ2v) is 12.2. The molecule has 0 bridgehead atoms. The molecule has 0 unspecified atom stereocenters. The van der Waals surface area contributed by atoms with E-state index in [1.165, 1.54) is 21.8 Å². The number of rotatable bonds is 4. The Morgan fingerprint density at radius 2 is 1.10 bits per heavy atom. The Balaban J connectivity index is 1.19. The fraction of sp³-hybridized carbons (Fsp3) is 0. The first-order valence-electron chi connectivity index (χ1n) is 16.2. The maximum Gasteiger partial charge on any atom is 0.180 e. The van der Waals surface area contributed by atoms with E-state index in [4.69, 9.17) is 14.4 Å². The fourth-order valence-corrected chi connectivity index (χ4v) is 7.18. The first kappa shape index (κ1) is 26.7. The molecule has 0 saturated carbocycles. The minimum atomic E-state index is 0.674. The van der Waals surface area contributed by atoms with E-state index in [9.17, 15) is 0 Å². The molecule has 48 heavy (non-hydrogen) atoms. The van der Waals surface area contributed by atoms with Gasteiger partial charge in [-0.05, 0) is 58.3 Å². The lowest BCUT2D eigenvalue weighted by Crippen LogP contribution is -1.94. The van der Waals surface area contributed by atoms with Crippen molar-refractivity contribution in [3.63, 3.8) is 0 Å². The van der Waals surface area contributed by atoms with Crippen LogP contribution in [0.2, 0.25) is 0 Å². The van der Waals surface area contributed by atoms with Gasteiger partial charge in [0.05, 0.1) is 11.0 Å². The molecule has 4 nitrogen and oxygen atoms in total. The van der Waals surface area contributed by atoms with Crippen LogP contribution in [-0.4, -0.2) is 14.5 Å². The highest BCUT2D eigenvalue weighted by atomic mass is 16.3. The summed E-state index contributed by atoms with van der Waals surface area (Å²) in [4.78, 5) is 10.3. The van der Waals surface area contributed by atoms with Gasteiger partial charge in [-0.3, -0.25) is 0 Å². The molecule has 0 aliphatic heterocycles. The second kappa shape index (κ2) is 10.5. The van der Waals surface area contributed by atoms with Gasteiger partial charge in [-0.2, -0.15) is 0 Å². The van der Waals surface area contributed by atoms with Gasteiger partial charge in [-0.15, -0.1) is 0 Å². The van der Waals surface area contributed by atoms with E-state index in [1.54, 1.807) is 0 Å². The van der Waals surface area contributed by atoms with Crippen LogP contribution in [0.15, 0.2) is 168 Å². The van der Waals surface area contributed by atoms with Crippen LogP contribution in [0.1, 0.15) is 0 Å². The van der Waals surface area contributed by atoms with Gasteiger partial charge in [0, 0.05) is 33.0 Å². The van der Waals surface area contributed by atoms with Crippen LogP contribution in [0.25, 0.3) is 94.1 Å². The molecule has 0 spiro atoms. The van der Waals surface area contributed by atoms with Crippen molar-refractivity contribution in [1.29, 1.82) is 0 Å². The van der Waals surface area contributed by atoms with Crippen molar-refractivity contribution in [3.8, 4) is 39.5 Å². The van der Waals surface area contributed by atoms with Crippen molar-refractivity contribution < 1.29 is 4.42 Å². The van der Waals surface area contributed by atoms with E-state index in [1.807, 2.05) is 18.2 Å². The normalized spacial score (nSPS) is 11.8. The highest BCUT2D eigenvalue weighted by Crippen LogP contribution is 2.40. The highest BCUT2D eigenvalue weighted by molar-refractivity contribution is 6.11. The zero-order valence-electron chi connectivity index (χ0n) is 25.8. The number of furan rings is 1. The van der Waals surface area contributed by atoms with Crippen LogP contribution < -0.4 is 0 Å². The molecule has 10 aromatic rings. The third kappa shape index (κ3) is 4.10. The van der Waals surface area contributed by atoms with Crippen LogP contribution in [-0.2, 0) is 0 Å². The Bertz CT molecular complexity index is 2790. The molecule has 0 amide bonds. The molecule has 10 rings (SSSR count). The van der Waals surface area contributed by atoms with Crippen LogP contribution in [0.5, 0.6) is 0 Å². The van der Waals surface area contributed by atoms with Crippen molar-refractivity contribution in [1.82, 2.24) is 14.5 Å². The smallest absolute Gasteiger partial charge is 0.180 e. The number of benzene rings is 7. The summed E-state index contributed by atoms with van der Waals surface area (Å²) in [5, 5.41) is 5.75. The fourth-order valence-electron chi connectivity index (χ4n) is 7.18. The molecule has 0 aliphatic rings. The number of hydrogen-bond acceptors (Lipinski definition) is 3.